The number of rotatable bonds is 6. The van der Waals surface area contributed by atoms with E-state index in [9.17, 15) is 19.2 Å². The fourth-order valence-electron chi connectivity index (χ4n) is 3.54. The molecule has 164 valence electrons. The van der Waals surface area contributed by atoms with Crippen molar-refractivity contribution < 1.29 is 28.6 Å². The maximum absolute atomic E-state index is 13.5. The SMILES string of the molecule is CCOC(=O)c1sc2c(C(=O)OCC)c3c(C)cc(C)cn3c2c(=O)c1C(=O)OCC. The van der Waals surface area contributed by atoms with Gasteiger partial charge in [0, 0.05) is 6.20 Å². The van der Waals surface area contributed by atoms with Gasteiger partial charge in [-0.05, 0) is 45.7 Å². The Labute approximate surface area is 182 Å². The molecule has 0 saturated heterocycles. The minimum Gasteiger partial charge on any atom is -0.462 e. The first kappa shape index (κ1) is 22.5. The summed E-state index contributed by atoms with van der Waals surface area (Å²) < 4.78 is 17.2. The fourth-order valence-corrected chi connectivity index (χ4v) is 4.74. The first-order valence-electron chi connectivity index (χ1n) is 9.90. The summed E-state index contributed by atoms with van der Waals surface area (Å²) in [7, 11) is 0. The summed E-state index contributed by atoms with van der Waals surface area (Å²) in [6.45, 7) is 8.81. The first-order valence-corrected chi connectivity index (χ1v) is 10.7. The molecule has 0 fully saturated rings. The first-order chi connectivity index (χ1) is 14.8. The summed E-state index contributed by atoms with van der Waals surface area (Å²) in [5, 5.41) is 0. The minimum atomic E-state index is -0.911. The van der Waals surface area contributed by atoms with Crippen LogP contribution in [0, 0.1) is 13.8 Å². The van der Waals surface area contributed by atoms with Gasteiger partial charge in [0.05, 0.1) is 30.0 Å². The van der Waals surface area contributed by atoms with Gasteiger partial charge >= 0.3 is 17.9 Å². The van der Waals surface area contributed by atoms with Gasteiger partial charge in [0.1, 0.15) is 21.5 Å². The summed E-state index contributed by atoms with van der Waals surface area (Å²) in [4.78, 5) is 51.5. The van der Waals surface area contributed by atoms with E-state index in [2.05, 4.69) is 0 Å². The standard InChI is InChI=1S/C22H23NO7S/c1-6-28-20(25)13-15-12(5)9-11(4)10-23(15)16-17(24)14(21(26)29-7-2)19(31-18(13)16)22(27)30-8-3/h9-10H,6-8H2,1-5H3. The fraction of sp³-hybridized carbons (Fsp3) is 0.364. The van der Waals surface area contributed by atoms with Crippen molar-refractivity contribution in [1.29, 1.82) is 0 Å². The van der Waals surface area contributed by atoms with Gasteiger partial charge in [-0.2, -0.15) is 0 Å². The molecule has 0 unspecified atom stereocenters. The van der Waals surface area contributed by atoms with Gasteiger partial charge < -0.3 is 18.6 Å². The molecule has 0 saturated carbocycles. The van der Waals surface area contributed by atoms with Crippen molar-refractivity contribution >= 4 is 45.0 Å². The molecule has 31 heavy (non-hydrogen) atoms. The minimum absolute atomic E-state index is 0.0322. The molecule has 0 amide bonds. The molecular formula is C22H23NO7S. The normalized spacial score (nSPS) is 11.0. The van der Waals surface area contributed by atoms with Crippen LogP contribution < -0.4 is 5.43 Å². The van der Waals surface area contributed by atoms with E-state index in [0.717, 1.165) is 22.5 Å². The van der Waals surface area contributed by atoms with Crippen LogP contribution in [0.25, 0.3) is 15.7 Å². The van der Waals surface area contributed by atoms with Crippen molar-refractivity contribution in [3.05, 3.63) is 49.6 Å². The Bertz CT molecular complexity index is 1270. The van der Waals surface area contributed by atoms with E-state index < -0.39 is 28.9 Å². The van der Waals surface area contributed by atoms with Gasteiger partial charge in [-0.1, -0.05) is 6.07 Å². The molecule has 3 aromatic rings. The third kappa shape index (κ3) is 3.81. The van der Waals surface area contributed by atoms with Gasteiger partial charge in [-0.25, -0.2) is 14.4 Å². The number of esters is 3. The van der Waals surface area contributed by atoms with E-state index in [1.165, 1.54) is 0 Å². The summed E-state index contributed by atoms with van der Waals surface area (Å²) >= 11 is 0.854. The quantitative estimate of drug-likeness (QED) is 0.422. The number of carbonyl (C=O) groups is 3. The van der Waals surface area contributed by atoms with Crippen LogP contribution in [0.5, 0.6) is 0 Å². The van der Waals surface area contributed by atoms with E-state index in [-0.39, 0.29) is 40.5 Å². The Kier molecular flexibility index (Phi) is 6.45. The van der Waals surface area contributed by atoms with E-state index in [1.807, 2.05) is 19.9 Å². The number of pyridine rings is 1. The van der Waals surface area contributed by atoms with Crippen LogP contribution in [0.15, 0.2) is 17.1 Å². The topological polar surface area (TPSA) is 100 Å². The molecule has 0 aliphatic carbocycles. The van der Waals surface area contributed by atoms with Gasteiger partial charge in [0.2, 0.25) is 5.43 Å². The summed E-state index contributed by atoms with van der Waals surface area (Å²) in [6.07, 6.45) is 1.71. The number of fused-ring (bicyclic) bond motifs is 3. The lowest BCUT2D eigenvalue weighted by Crippen LogP contribution is -2.23. The highest BCUT2D eigenvalue weighted by Crippen LogP contribution is 2.34. The Hall–Kier alpha value is -3.20. The maximum atomic E-state index is 13.5. The van der Waals surface area contributed by atoms with Gasteiger partial charge in [-0.15, -0.1) is 11.3 Å². The number of carbonyl (C=O) groups excluding carboxylic acids is 3. The number of hydrogen-bond donors (Lipinski definition) is 0. The molecule has 0 atom stereocenters. The van der Waals surface area contributed by atoms with Crippen molar-refractivity contribution in [1.82, 2.24) is 4.40 Å². The zero-order valence-corrected chi connectivity index (χ0v) is 18.8. The number of ether oxygens (including phenoxy) is 3. The lowest BCUT2D eigenvalue weighted by atomic mass is 10.1. The number of nitrogens with zero attached hydrogens (tertiary/aromatic N) is 1. The largest absolute Gasteiger partial charge is 0.462 e. The highest BCUT2D eigenvalue weighted by Gasteiger charge is 2.31. The second-order valence-corrected chi connectivity index (χ2v) is 7.79. The van der Waals surface area contributed by atoms with Crippen LogP contribution in [0.3, 0.4) is 0 Å². The van der Waals surface area contributed by atoms with Crippen molar-refractivity contribution in [2.75, 3.05) is 19.8 Å². The van der Waals surface area contributed by atoms with E-state index in [0.29, 0.717) is 5.52 Å². The summed E-state index contributed by atoms with van der Waals surface area (Å²) in [6, 6.07) is 1.88. The van der Waals surface area contributed by atoms with Crippen LogP contribution in [0.4, 0.5) is 0 Å². The van der Waals surface area contributed by atoms with E-state index in [4.69, 9.17) is 14.2 Å². The Morgan fingerprint density at radius 3 is 2.00 bits per heavy atom. The molecule has 8 nitrogen and oxygen atoms in total. The predicted molar refractivity (Wildman–Crippen MR) is 116 cm³/mol. The van der Waals surface area contributed by atoms with Crippen molar-refractivity contribution in [2.45, 2.75) is 34.6 Å². The second kappa shape index (κ2) is 8.89. The molecule has 9 heteroatoms. The van der Waals surface area contributed by atoms with Gasteiger partial charge in [0.25, 0.3) is 0 Å². The third-order valence-electron chi connectivity index (χ3n) is 4.60. The summed E-state index contributed by atoms with van der Waals surface area (Å²) in [5.74, 6) is -2.35. The Morgan fingerprint density at radius 2 is 1.42 bits per heavy atom. The molecule has 3 aromatic heterocycles. The van der Waals surface area contributed by atoms with Crippen LogP contribution in [-0.2, 0) is 14.2 Å². The van der Waals surface area contributed by atoms with Crippen LogP contribution in [-0.4, -0.2) is 42.1 Å². The Balaban J connectivity index is 2.57. The molecule has 0 aliphatic heterocycles. The van der Waals surface area contributed by atoms with Crippen molar-refractivity contribution in [3.8, 4) is 0 Å². The summed E-state index contributed by atoms with van der Waals surface area (Å²) in [5.41, 5.74) is 1.29. The van der Waals surface area contributed by atoms with Crippen LogP contribution >= 0.6 is 11.3 Å². The predicted octanol–water partition coefficient (Wildman–Crippen LogP) is 3.66. The monoisotopic (exact) mass is 445 g/mol. The second-order valence-electron chi connectivity index (χ2n) is 6.77. The molecule has 0 bridgehead atoms. The van der Waals surface area contributed by atoms with Gasteiger partial charge in [0.15, 0.2) is 0 Å². The lowest BCUT2D eigenvalue weighted by Gasteiger charge is -2.08. The third-order valence-corrected chi connectivity index (χ3v) is 5.78. The van der Waals surface area contributed by atoms with Crippen LogP contribution in [0.1, 0.15) is 62.3 Å². The van der Waals surface area contributed by atoms with Gasteiger partial charge in [-0.3, -0.25) is 4.79 Å². The van der Waals surface area contributed by atoms with E-state index >= 15 is 0 Å². The molecule has 0 radical (unpaired) electrons. The van der Waals surface area contributed by atoms with Crippen LogP contribution in [0.2, 0.25) is 0 Å². The van der Waals surface area contributed by atoms with Crippen molar-refractivity contribution in [3.63, 3.8) is 0 Å². The highest BCUT2D eigenvalue weighted by molar-refractivity contribution is 7.20. The molecule has 3 heterocycles. The molecule has 0 N–H and O–H groups in total. The number of hydrogen-bond acceptors (Lipinski definition) is 8. The Morgan fingerprint density at radius 1 is 0.871 bits per heavy atom. The average molecular weight is 445 g/mol. The van der Waals surface area contributed by atoms with E-state index in [1.54, 1.807) is 31.4 Å². The lowest BCUT2D eigenvalue weighted by molar-refractivity contribution is 0.0482. The molecule has 0 spiro atoms. The molecule has 0 aliphatic rings. The zero-order chi connectivity index (χ0) is 22.9. The molecule has 0 aromatic carbocycles. The number of aryl methyl sites for hydroxylation is 2. The molecular weight excluding hydrogens is 422 g/mol. The highest BCUT2D eigenvalue weighted by atomic mass is 32.1. The maximum Gasteiger partial charge on any atom is 0.349 e. The average Bonchev–Trinajstić information content (AvgIpc) is 3.03. The van der Waals surface area contributed by atoms with Crippen molar-refractivity contribution in [2.24, 2.45) is 0 Å². The molecule has 3 rings (SSSR count). The smallest absolute Gasteiger partial charge is 0.349 e. The zero-order valence-electron chi connectivity index (χ0n) is 18.0. The number of aromatic nitrogens is 1.